The van der Waals surface area contributed by atoms with Gasteiger partial charge in [0.25, 0.3) is 5.91 Å². The Bertz CT molecular complexity index is 507. The third kappa shape index (κ3) is 2.41. The van der Waals surface area contributed by atoms with Gasteiger partial charge in [-0.3, -0.25) is 9.48 Å². The Hall–Kier alpha value is -1.37. The lowest BCUT2D eigenvalue weighted by Gasteiger charge is -2.02. The van der Waals surface area contributed by atoms with Gasteiger partial charge in [-0.1, -0.05) is 18.2 Å². The third-order valence-corrected chi connectivity index (χ3v) is 2.82. The second kappa shape index (κ2) is 4.65. The molecule has 2 rings (SSSR count). The number of para-hydroxylation sites is 1. The number of halogens is 1. The molecule has 0 radical (unpaired) electrons. The Labute approximate surface area is 107 Å². The van der Waals surface area contributed by atoms with Crippen LogP contribution in [0, 0.1) is 3.57 Å². The van der Waals surface area contributed by atoms with Crippen molar-refractivity contribution in [1.82, 2.24) is 9.78 Å². The highest BCUT2D eigenvalue weighted by Crippen LogP contribution is 2.12. The van der Waals surface area contributed by atoms with Crippen LogP contribution in [0.2, 0.25) is 0 Å². The second-order valence-electron chi connectivity index (χ2n) is 3.32. The number of aromatic nitrogens is 2. The second-order valence-corrected chi connectivity index (χ2v) is 4.48. The highest BCUT2D eigenvalue weighted by Gasteiger charge is 2.13. The van der Waals surface area contributed by atoms with E-state index in [4.69, 9.17) is 0 Å². The number of hydrogen-bond acceptors (Lipinski definition) is 2. The summed E-state index contributed by atoms with van der Waals surface area (Å²) < 4.78 is 2.47. The number of aryl methyl sites for hydroxylation is 1. The quantitative estimate of drug-likeness (QED) is 0.861. The zero-order chi connectivity index (χ0) is 11.5. The minimum absolute atomic E-state index is 0.184. The average Bonchev–Trinajstić information content (AvgIpc) is 2.59. The number of nitrogens with zero attached hydrogens (tertiary/aromatic N) is 2. The predicted octanol–water partition coefficient (Wildman–Crippen LogP) is 2.28. The van der Waals surface area contributed by atoms with E-state index in [-0.39, 0.29) is 5.91 Å². The lowest BCUT2D eigenvalue weighted by Crippen LogP contribution is -2.14. The maximum Gasteiger partial charge on any atom is 0.277 e. The zero-order valence-corrected chi connectivity index (χ0v) is 10.8. The molecule has 1 aromatic heterocycles. The molecule has 0 saturated heterocycles. The van der Waals surface area contributed by atoms with Gasteiger partial charge >= 0.3 is 0 Å². The summed E-state index contributed by atoms with van der Waals surface area (Å²) in [6.45, 7) is 0. The molecule has 0 saturated carbocycles. The molecule has 0 atom stereocenters. The topological polar surface area (TPSA) is 46.9 Å². The molecule has 82 valence electrons. The summed E-state index contributed by atoms with van der Waals surface area (Å²) in [5.74, 6) is -0.184. The Morgan fingerprint density at radius 3 is 2.62 bits per heavy atom. The van der Waals surface area contributed by atoms with Crippen molar-refractivity contribution in [2.45, 2.75) is 0 Å². The first-order valence-electron chi connectivity index (χ1n) is 4.72. The molecule has 1 amide bonds. The lowest BCUT2D eigenvalue weighted by atomic mass is 10.3. The smallest absolute Gasteiger partial charge is 0.277 e. The molecule has 0 aliphatic rings. The van der Waals surface area contributed by atoms with Gasteiger partial charge in [0.05, 0.1) is 3.57 Å². The van der Waals surface area contributed by atoms with Crippen molar-refractivity contribution in [2.24, 2.45) is 7.05 Å². The summed E-state index contributed by atoms with van der Waals surface area (Å²) in [5.41, 5.74) is 1.22. The molecule has 1 N–H and O–H groups in total. The Morgan fingerprint density at radius 2 is 2.06 bits per heavy atom. The number of amides is 1. The van der Waals surface area contributed by atoms with Crippen LogP contribution in [0.5, 0.6) is 0 Å². The standard InChI is InChI=1S/C11H10IN3O/c1-15-7-9(12)10(14-15)11(16)13-8-5-3-2-4-6-8/h2-7H,1H3,(H,13,16). The largest absolute Gasteiger partial charge is 0.321 e. The average molecular weight is 327 g/mol. The van der Waals surface area contributed by atoms with Gasteiger partial charge in [-0.15, -0.1) is 0 Å². The fourth-order valence-corrected chi connectivity index (χ4v) is 2.08. The van der Waals surface area contributed by atoms with E-state index in [1.54, 1.807) is 17.9 Å². The van der Waals surface area contributed by atoms with Crippen LogP contribution in [0.3, 0.4) is 0 Å². The summed E-state index contributed by atoms with van der Waals surface area (Å²) >= 11 is 2.09. The molecule has 0 spiro atoms. The summed E-state index contributed by atoms with van der Waals surface area (Å²) in [5, 5.41) is 6.90. The number of nitrogens with one attached hydrogen (secondary N) is 1. The van der Waals surface area contributed by atoms with Gasteiger partial charge in [-0.25, -0.2) is 0 Å². The summed E-state index contributed by atoms with van der Waals surface area (Å²) in [6, 6.07) is 9.33. The van der Waals surface area contributed by atoms with E-state index < -0.39 is 0 Å². The molecule has 0 bridgehead atoms. The van der Waals surface area contributed by atoms with Crippen LogP contribution in [0.1, 0.15) is 10.5 Å². The molecule has 1 aromatic carbocycles. The summed E-state index contributed by atoms with van der Waals surface area (Å²) in [7, 11) is 1.79. The van der Waals surface area contributed by atoms with Crippen LogP contribution < -0.4 is 5.32 Å². The minimum Gasteiger partial charge on any atom is -0.321 e. The molecular weight excluding hydrogens is 317 g/mol. The van der Waals surface area contributed by atoms with Crippen molar-refractivity contribution in [3.05, 3.63) is 45.8 Å². The summed E-state index contributed by atoms with van der Waals surface area (Å²) in [4.78, 5) is 11.9. The molecular formula is C11H10IN3O. The van der Waals surface area contributed by atoms with Crippen LogP contribution in [-0.2, 0) is 7.05 Å². The van der Waals surface area contributed by atoms with Crippen LogP contribution in [0.4, 0.5) is 5.69 Å². The number of benzene rings is 1. The van der Waals surface area contributed by atoms with Crippen LogP contribution >= 0.6 is 22.6 Å². The van der Waals surface area contributed by atoms with Gasteiger partial charge in [0.2, 0.25) is 0 Å². The van der Waals surface area contributed by atoms with Crippen molar-refractivity contribution in [3.8, 4) is 0 Å². The van der Waals surface area contributed by atoms with E-state index in [1.807, 2.05) is 30.3 Å². The Morgan fingerprint density at radius 1 is 1.38 bits per heavy atom. The normalized spacial score (nSPS) is 10.1. The molecule has 1 heterocycles. The monoisotopic (exact) mass is 327 g/mol. The van der Waals surface area contributed by atoms with Gasteiger partial charge in [0.1, 0.15) is 0 Å². The molecule has 5 heteroatoms. The van der Waals surface area contributed by atoms with Gasteiger partial charge in [0, 0.05) is 18.9 Å². The van der Waals surface area contributed by atoms with Crippen LogP contribution in [0.25, 0.3) is 0 Å². The fraction of sp³-hybridized carbons (Fsp3) is 0.0909. The van der Waals surface area contributed by atoms with Gasteiger partial charge in [0.15, 0.2) is 5.69 Å². The van der Waals surface area contributed by atoms with Crippen molar-refractivity contribution < 1.29 is 4.79 Å². The molecule has 0 unspecified atom stereocenters. The minimum atomic E-state index is -0.184. The third-order valence-electron chi connectivity index (χ3n) is 2.03. The van der Waals surface area contributed by atoms with Crippen LogP contribution in [0.15, 0.2) is 36.5 Å². The van der Waals surface area contributed by atoms with E-state index in [9.17, 15) is 4.79 Å². The maximum absolute atomic E-state index is 11.9. The molecule has 16 heavy (non-hydrogen) atoms. The number of carbonyl (C=O) groups excluding carboxylic acids is 1. The zero-order valence-electron chi connectivity index (χ0n) is 8.64. The molecule has 0 aliphatic heterocycles. The van der Waals surface area contributed by atoms with Crippen molar-refractivity contribution in [1.29, 1.82) is 0 Å². The Kier molecular flexibility index (Phi) is 3.23. The highest BCUT2D eigenvalue weighted by molar-refractivity contribution is 14.1. The Balaban J connectivity index is 2.18. The van der Waals surface area contributed by atoms with Gasteiger partial charge in [-0.05, 0) is 34.7 Å². The predicted molar refractivity (Wildman–Crippen MR) is 70.3 cm³/mol. The van der Waals surface area contributed by atoms with Crippen molar-refractivity contribution >= 4 is 34.2 Å². The number of anilines is 1. The van der Waals surface area contributed by atoms with E-state index in [0.717, 1.165) is 9.26 Å². The molecule has 0 fully saturated rings. The molecule has 2 aromatic rings. The number of carbonyl (C=O) groups is 1. The fourth-order valence-electron chi connectivity index (χ4n) is 1.33. The molecule has 0 aliphatic carbocycles. The highest BCUT2D eigenvalue weighted by atomic mass is 127. The van der Waals surface area contributed by atoms with E-state index >= 15 is 0 Å². The van der Waals surface area contributed by atoms with Gasteiger partial charge in [-0.2, -0.15) is 5.10 Å². The van der Waals surface area contributed by atoms with E-state index in [2.05, 4.69) is 33.0 Å². The van der Waals surface area contributed by atoms with Crippen molar-refractivity contribution in [2.75, 3.05) is 5.32 Å². The maximum atomic E-state index is 11.9. The van der Waals surface area contributed by atoms with E-state index in [0.29, 0.717) is 5.69 Å². The van der Waals surface area contributed by atoms with Gasteiger partial charge < -0.3 is 5.32 Å². The number of rotatable bonds is 2. The first-order valence-corrected chi connectivity index (χ1v) is 5.80. The van der Waals surface area contributed by atoms with Crippen molar-refractivity contribution in [3.63, 3.8) is 0 Å². The molecule has 4 nitrogen and oxygen atoms in total. The number of hydrogen-bond donors (Lipinski definition) is 1. The van der Waals surface area contributed by atoms with E-state index in [1.165, 1.54) is 0 Å². The first kappa shape index (κ1) is 11.1. The first-order chi connectivity index (χ1) is 7.66. The summed E-state index contributed by atoms with van der Waals surface area (Å²) in [6.07, 6.45) is 1.81. The van der Waals surface area contributed by atoms with Crippen LogP contribution in [-0.4, -0.2) is 15.7 Å². The lowest BCUT2D eigenvalue weighted by molar-refractivity contribution is 0.102. The SMILES string of the molecule is Cn1cc(I)c(C(=O)Nc2ccccc2)n1.